The summed E-state index contributed by atoms with van der Waals surface area (Å²) < 4.78 is 48.3. The van der Waals surface area contributed by atoms with Crippen molar-refractivity contribution in [1.29, 1.82) is 0 Å². The SMILES string of the molecule is C[C@@H](NC(=O)c1nc(C(C)(C)C)no1)c1ccc(-c2cc(Nc3ccc(N4CCN(CCc5ccc(N6CCC(=O)NC6=O)cc5)C[C@@H]4C)cn3)ncn2)cc1C(F)(F)F. The van der Waals surface area contributed by atoms with Gasteiger partial charge in [-0.1, -0.05) is 50.2 Å². The van der Waals surface area contributed by atoms with Crippen LogP contribution in [0.5, 0.6) is 0 Å². The lowest BCUT2D eigenvalue weighted by Gasteiger charge is -2.41. The molecule has 4 amide bonds. The van der Waals surface area contributed by atoms with Gasteiger partial charge in [0.1, 0.15) is 18.0 Å². The zero-order valence-electron chi connectivity index (χ0n) is 33.9. The predicted octanol–water partition coefficient (Wildman–Crippen LogP) is 6.67. The molecule has 15 nitrogen and oxygen atoms in total. The number of anilines is 4. The molecule has 0 spiro atoms. The van der Waals surface area contributed by atoms with Crippen LogP contribution < -0.4 is 25.8 Å². The zero-order valence-corrected chi connectivity index (χ0v) is 33.9. The van der Waals surface area contributed by atoms with Crippen LogP contribution in [0.1, 0.15) is 80.3 Å². The average molecular weight is 826 g/mol. The monoisotopic (exact) mass is 825 g/mol. The molecule has 5 aromatic rings. The van der Waals surface area contributed by atoms with Crippen molar-refractivity contribution in [2.45, 2.75) is 71.1 Å². The second-order valence-electron chi connectivity index (χ2n) is 16.0. The highest BCUT2D eigenvalue weighted by Gasteiger charge is 2.36. The van der Waals surface area contributed by atoms with E-state index in [1.165, 1.54) is 30.9 Å². The molecule has 3 N–H and O–H groups in total. The Labute approximate surface area is 344 Å². The van der Waals surface area contributed by atoms with E-state index in [2.05, 4.69) is 57.8 Å². The first kappa shape index (κ1) is 41.7. The van der Waals surface area contributed by atoms with Crippen LogP contribution in [-0.4, -0.2) is 86.6 Å². The lowest BCUT2D eigenvalue weighted by Crippen LogP contribution is -2.52. The third-order valence-electron chi connectivity index (χ3n) is 10.5. The van der Waals surface area contributed by atoms with Gasteiger partial charge >= 0.3 is 24.0 Å². The van der Waals surface area contributed by atoms with Gasteiger partial charge in [-0.25, -0.2) is 19.7 Å². The molecule has 2 atom stereocenters. The number of amides is 4. The maximum Gasteiger partial charge on any atom is 0.416 e. The summed E-state index contributed by atoms with van der Waals surface area (Å²) in [5, 5.41) is 11.8. The van der Waals surface area contributed by atoms with E-state index in [9.17, 15) is 27.6 Å². The predicted molar refractivity (Wildman–Crippen MR) is 218 cm³/mol. The largest absolute Gasteiger partial charge is 0.416 e. The molecule has 3 aromatic heterocycles. The van der Waals surface area contributed by atoms with Gasteiger partial charge in [0.15, 0.2) is 5.82 Å². The van der Waals surface area contributed by atoms with Crippen molar-refractivity contribution in [3.05, 3.63) is 102 Å². The van der Waals surface area contributed by atoms with Gasteiger partial charge in [-0.3, -0.25) is 24.7 Å². The first-order valence-corrected chi connectivity index (χ1v) is 19.6. The maximum atomic E-state index is 14.4. The van der Waals surface area contributed by atoms with Crippen molar-refractivity contribution >= 4 is 40.9 Å². The zero-order chi connectivity index (χ0) is 42.8. The average Bonchev–Trinajstić information content (AvgIpc) is 3.73. The summed E-state index contributed by atoms with van der Waals surface area (Å²) in [6.45, 7) is 13.0. The minimum absolute atomic E-state index is 0.142. The Morgan fingerprint density at radius 1 is 0.950 bits per heavy atom. The van der Waals surface area contributed by atoms with Gasteiger partial charge in [-0.05, 0) is 61.7 Å². The molecule has 2 aliphatic heterocycles. The van der Waals surface area contributed by atoms with E-state index in [0.29, 0.717) is 24.0 Å². The normalized spacial score (nSPS) is 17.0. The van der Waals surface area contributed by atoms with Crippen LogP contribution in [0, 0.1) is 0 Å². The molecule has 60 heavy (non-hydrogen) atoms. The van der Waals surface area contributed by atoms with Gasteiger partial charge < -0.3 is 20.1 Å². The van der Waals surface area contributed by atoms with E-state index in [0.717, 1.165) is 50.0 Å². The fourth-order valence-corrected chi connectivity index (χ4v) is 7.20. The van der Waals surface area contributed by atoms with Crippen molar-refractivity contribution in [1.82, 2.24) is 40.6 Å². The highest BCUT2D eigenvalue weighted by atomic mass is 19.4. The molecule has 0 unspecified atom stereocenters. The number of alkyl halides is 3. The van der Waals surface area contributed by atoms with Crippen molar-refractivity contribution in [2.75, 3.05) is 47.8 Å². The number of pyridine rings is 1. The fraction of sp³-hybridized carbons (Fsp3) is 0.381. The van der Waals surface area contributed by atoms with Crippen molar-refractivity contribution in [3.8, 4) is 11.3 Å². The third kappa shape index (κ3) is 9.71. The molecule has 2 fully saturated rings. The number of nitrogens with zero attached hydrogens (tertiary/aromatic N) is 8. The number of piperazine rings is 1. The maximum absolute atomic E-state index is 14.4. The topological polar surface area (TPSA) is 175 Å². The van der Waals surface area contributed by atoms with Gasteiger partial charge in [-0.15, -0.1) is 0 Å². The minimum atomic E-state index is -4.73. The van der Waals surface area contributed by atoms with Crippen molar-refractivity contribution in [3.63, 3.8) is 0 Å². The third-order valence-corrected chi connectivity index (χ3v) is 10.5. The van der Waals surface area contributed by atoms with Crippen LogP contribution in [-0.2, 0) is 22.8 Å². The number of urea groups is 1. The van der Waals surface area contributed by atoms with Gasteiger partial charge in [0.05, 0.1) is 29.2 Å². The number of carbonyl (C=O) groups excluding carboxylic acids is 3. The first-order chi connectivity index (χ1) is 28.5. The Hall–Kier alpha value is -6.43. The van der Waals surface area contributed by atoms with Gasteiger partial charge in [0, 0.05) is 67.9 Å². The number of nitrogens with one attached hydrogen (secondary N) is 3. The van der Waals surface area contributed by atoms with Crippen molar-refractivity contribution < 1.29 is 32.1 Å². The number of hydrogen-bond acceptors (Lipinski definition) is 12. The van der Waals surface area contributed by atoms with E-state index in [1.54, 1.807) is 17.2 Å². The molecule has 2 saturated heterocycles. The molecular weight excluding hydrogens is 780 g/mol. The Kier molecular flexibility index (Phi) is 11.9. The number of halogens is 3. The Balaban J connectivity index is 0.940. The summed E-state index contributed by atoms with van der Waals surface area (Å²) >= 11 is 0. The number of carbonyl (C=O) groups is 3. The summed E-state index contributed by atoms with van der Waals surface area (Å²) in [7, 11) is 0. The summed E-state index contributed by atoms with van der Waals surface area (Å²) in [4.78, 5) is 60.0. The highest BCUT2D eigenvalue weighted by Crippen LogP contribution is 2.37. The number of rotatable bonds is 11. The van der Waals surface area contributed by atoms with E-state index in [4.69, 9.17) is 4.52 Å². The van der Waals surface area contributed by atoms with E-state index in [1.807, 2.05) is 57.2 Å². The number of hydrogen-bond donors (Lipinski definition) is 3. The summed E-state index contributed by atoms with van der Waals surface area (Å²) in [6, 6.07) is 15.9. The molecule has 0 saturated carbocycles. The van der Waals surface area contributed by atoms with Gasteiger partial charge in [0.2, 0.25) is 5.91 Å². The lowest BCUT2D eigenvalue weighted by atomic mass is 9.96. The van der Waals surface area contributed by atoms with E-state index < -0.39 is 35.1 Å². The summed E-state index contributed by atoms with van der Waals surface area (Å²) in [6.07, 6.45) is -0.534. The molecule has 2 aromatic carbocycles. The van der Waals surface area contributed by atoms with Crippen LogP contribution >= 0.6 is 0 Å². The van der Waals surface area contributed by atoms with Crippen LogP contribution in [0.2, 0.25) is 0 Å². The van der Waals surface area contributed by atoms with Crippen LogP contribution in [0.4, 0.5) is 41.0 Å². The molecule has 7 rings (SSSR count). The Morgan fingerprint density at radius 3 is 2.38 bits per heavy atom. The van der Waals surface area contributed by atoms with Crippen LogP contribution in [0.15, 0.2) is 77.7 Å². The standard InChI is InChI=1S/C42H46F3N11O4/c1-25-23-54(16-14-27-6-9-29(10-7-27)56-17-15-36(57)51-40(56)59)18-19-55(25)30-11-13-34(46-22-30)50-35-21-33(47-24-48-35)28-8-12-31(32(20-28)42(43,44)45)26(2)49-37(58)38-52-39(53-60-38)41(3,4)5/h6-13,20-22,24-26H,14-19,23H2,1-5H3,(H,49,58)(H,51,57,59)(H,46,47,48,50)/t25-,26+/m0/s1. The second-order valence-corrected chi connectivity index (χ2v) is 16.0. The van der Waals surface area contributed by atoms with Gasteiger partial charge in [0.25, 0.3) is 0 Å². The Morgan fingerprint density at radius 2 is 1.72 bits per heavy atom. The Bertz CT molecular complexity index is 2350. The van der Waals surface area contributed by atoms with Gasteiger partial charge in [-0.2, -0.15) is 18.2 Å². The van der Waals surface area contributed by atoms with E-state index in [-0.39, 0.29) is 41.1 Å². The molecule has 314 valence electrons. The van der Waals surface area contributed by atoms with Crippen molar-refractivity contribution in [2.24, 2.45) is 0 Å². The second kappa shape index (κ2) is 17.0. The highest BCUT2D eigenvalue weighted by molar-refractivity contribution is 6.05. The molecular formula is C42H46F3N11O4. The molecule has 2 aliphatic rings. The molecule has 18 heteroatoms. The molecule has 5 heterocycles. The number of aromatic nitrogens is 5. The first-order valence-electron chi connectivity index (χ1n) is 19.6. The minimum Gasteiger partial charge on any atom is -0.365 e. The smallest absolute Gasteiger partial charge is 0.365 e. The number of benzene rings is 2. The molecule has 0 bridgehead atoms. The van der Waals surface area contributed by atoms with Crippen LogP contribution in [0.3, 0.4) is 0 Å². The summed E-state index contributed by atoms with van der Waals surface area (Å²) in [5.74, 6) is -0.229. The van der Waals surface area contributed by atoms with Crippen LogP contribution in [0.25, 0.3) is 11.3 Å². The summed E-state index contributed by atoms with van der Waals surface area (Å²) in [5.41, 5.74) is 1.81. The van der Waals surface area contributed by atoms with E-state index >= 15 is 0 Å². The molecule has 0 aliphatic carbocycles. The lowest BCUT2D eigenvalue weighted by molar-refractivity contribution is -0.138. The molecule has 0 radical (unpaired) electrons. The quantitative estimate of drug-likeness (QED) is 0.129. The fourth-order valence-electron chi connectivity index (χ4n) is 7.20. The number of imide groups is 1.